The van der Waals surface area contributed by atoms with Crippen LogP contribution in [0.15, 0.2) is 23.6 Å². The minimum absolute atomic E-state index is 0.265. The zero-order valence-electron chi connectivity index (χ0n) is 9.82. The van der Waals surface area contributed by atoms with Gasteiger partial charge in [0.2, 0.25) is 0 Å². The molecule has 1 heterocycles. The van der Waals surface area contributed by atoms with Gasteiger partial charge in [-0.25, -0.2) is 4.98 Å². The van der Waals surface area contributed by atoms with Crippen molar-refractivity contribution < 1.29 is 4.79 Å². The molecular weight excluding hydrogens is 303 g/mol. The third-order valence-corrected chi connectivity index (χ3v) is 4.24. The molecule has 3 rings (SSSR count). The molecule has 0 unspecified atom stereocenters. The zero-order valence-corrected chi connectivity index (χ0v) is 12.1. The van der Waals surface area contributed by atoms with Crippen LogP contribution in [-0.4, -0.2) is 10.9 Å². The first-order valence-electron chi connectivity index (χ1n) is 5.85. The van der Waals surface area contributed by atoms with E-state index >= 15 is 0 Å². The van der Waals surface area contributed by atoms with Crippen LogP contribution in [0.2, 0.25) is 10.0 Å². The Kier molecular flexibility index (Phi) is 3.48. The molecule has 0 spiro atoms. The topological polar surface area (TPSA) is 42.0 Å². The molecular formula is C13H10Cl2N2OS. The summed E-state index contributed by atoms with van der Waals surface area (Å²) in [5, 5.41) is 6.21. The molecule has 0 saturated heterocycles. The highest BCUT2D eigenvalue weighted by Gasteiger charge is 2.26. The third kappa shape index (κ3) is 2.91. The lowest BCUT2D eigenvalue weighted by Gasteiger charge is -2.04. The van der Waals surface area contributed by atoms with Crippen LogP contribution in [0.5, 0.6) is 0 Å². The molecule has 1 aliphatic rings. The van der Waals surface area contributed by atoms with Crippen molar-refractivity contribution in [1.29, 1.82) is 0 Å². The quantitative estimate of drug-likeness (QED) is 0.901. The lowest BCUT2D eigenvalue weighted by atomic mass is 10.2. The van der Waals surface area contributed by atoms with E-state index in [-0.39, 0.29) is 5.91 Å². The van der Waals surface area contributed by atoms with E-state index in [1.165, 1.54) is 24.2 Å². The summed E-state index contributed by atoms with van der Waals surface area (Å²) in [5.41, 5.74) is 1.47. The van der Waals surface area contributed by atoms with Gasteiger partial charge in [-0.2, -0.15) is 0 Å². The number of hydrogen-bond acceptors (Lipinski definition) is 3. The van der Waals surface area contributed by atoms with E-state index in [0.717, 1.165) is 5.69 Å². The van der Waals surface area contributed by atoms with Crippen molar-refractivity contribution in [1.82, 2.24) is 4.98 Å². The number of carbonyl (C=O) groups excluding carboxylic acids is 1. The highest BCUT2D eigenvalue weighted by atomic mass is 35.5. The summed E-state index contributed by atoms with van der Waals surface area (Å²) in [6, 6.07) is 4.80. The maximum absolute atomic E-state index is 12.1. The van der Waals surface area contributed by atoms with Gasteiger partial charge in [-0.05, 0) is 31.0 Å². The number of nitrogens with one attached hydrogen (secondary N) is 1. The average molecular weight is 313 g/mol. The Labute approximate surface area is 124 Å². The number of amides is 1. The zero-order chi connectivity index (χ0) is 13.4. The molecule has 1 aromatic heterocycles. The molecule has 0 bridgehead atoms. The van der Waals surface area contributed by atoms with Crippen molar-refractivity contribution in [3.63, 3.8) is 0 Å². The van der Waals surface area contributed by atoms with Crippen LogP contribution in [0.4, 0.5) is 5.13 Å². The number of rotatable bonds is 3. The van der Waals surface area contributed by atoms with Gasteiger partial charge in [0.25, 0.3) is 5.91 Å². The van der Waals surface area contributed by atoms with Crippen molar-refractivity contribution >= 4 is 45.6 Å². The Balaban J connectivity index is 1.76. The van der Waals surface area contributed by atoms with Crippen LogP contribution in [0.3, 0.4) is 0 Å². The standard InChI is InChI=1S/C13H10Cl2N2OS/c14-8-3-4-9(10(15)5-8)12(18)17-13-16-11(6-19-13)7-1-2-7/h3-7H,1-2H2,(H,16,17,18). The Bertz CT molecular complexity index is 637. The van der Waals surface area contributed by atoms with E-state index in [4.69, 9.17) is 23.2 Å². The molecule has 19 heavy (non-hydrogen) atoms. The molecule has 6 heteroatoms. The maximum Gasteiger partial charge on any atom is 0.258 e. The van der Waals surface area contributed by atoms with Crippen molar-refractivity contribution in [2.75, 3.05) is 5.32 Å². The number of anilines is 1. The molecule has 1 saturated carbocycles. The molecule has 2 aromatic rings. The lowest BCUT2D eigenvalue weighted by Crippen LogP contribution is -2.12. The summed E-state index contributed by atoms with van der Waals surface area (Å²) in [6.45, 7) is 0. The predicted octanol–water partition coefficient (Wildman–Crippen LogP) is 4.58. The van der Waals surface area contributed by atoms with Gasteiger partial charge in [-0.1, -0.05) is 23.2 Å². The molecule has 0 radical (unpaired) electrons. The highest BCUT2D eigenvalue weighted by molar-refractivity contribution is 7.14. The van der Waals surface area contributed by atoms with Crippen LogP contribution in [-0.2, 0) is 0 Å². The summed E-state index contributed by atoms with van der Waals surface area (Å²) in [5.74, 6) is 0.319. The van der Waals surface area contributed by atoms with Gasteiger partial charge in [0.1, 0.15) is 0 Å². The Morgan fingerprint density at radius 2 is 2.16 bits per heavy atom. The van der Waals surface area contributed by atoms with Gasteiger partial charge in [0.15, 0.2) is 5.13 Å². The summed E-state index contributed by atoms with van der Waals surface area (Å²) in [6.07, 6.45) is 2.39. The second-order valence-electron chi connectivity index (χ2n) is 4.43. The number of thiazole rings is 1. The molecule has 1 aromatic carbocycles. The fourth-order valence-electron chi connectivity index (χ4n) is 1.75. The van der Waals surface area contributed by atoms with E-state index in [2.05, 4.69) is 10.3 Å². The predicted molar refractivity (Wildman–Crippen MR) is 78.5 cm³/mol. The van der Waals surface area contributed by atoms with Crippen LogP contribution in [0, 0.1) is 0 Å². The minimum atomic E-state index is -0.265. The van der Waals surface area contributed by atoms with E-state index in [9.17, 15) is 4.79 Å². The van der Waals surface area contributed by atoms with E-state index in [1.807, 2.05) is 5.38 Å². The van der Waals surface area contributed by atoms with Crippen LogP contribution >= 0.6 is 34.5 Å². The number of benzene rings is 1. The van der Waals surface area contributed by atoms with E-state index in [0.29, 0.717) is 26.7 Å². The van der Waals surface area contributed by atoms with E-state index < -0.39 is 0 Å². The first-order chi connectivity index (χ1) is 9.13. The fourth-order valence-corrected chi connectivity index (χ4v) is 3.03. The summed E-state index contributed by atoms with van der Waals surface area (Å²) in [4.78, 5) is 16.5. The molecule has 1 aliphatic carbocycles. The van der Waals surface area contributed by atoms with Gasteiger partial charge in [-0.3, -0.25) is 10.1 Å². The Hall–Kier alpha value is -1.10. The fraction of sp³-hybridized carbons (Fsp3) is 0.231. The van der Waals surface area contributed by atoms with Crippen LogP contribution < -0.4 is 5.32 Å². The van der Waals surface area contributed by atoms with Crippen molar-refractivity contribution in [3.8, 4) is 0 Å². The Morgan fingerprint density at radius 3 is 2.84 bits per heavy atom. The molecule has 0 aliphatic heterocycles. The van der Waals surface area contributed by atoms with Crippen molar-refractivity contribution in [3.05, 3.63) is 44.9 Å². The number of halogens is 2. The second-order valence-corrected chi connectivity index (χ2v) is 6.13. The molecule has 3 nitrogen and oxygen atoms in total. The van der Waals surface area contributed by atoms with Crippen molar-refractivity contribution in [2.45, 2.75) is 18.8 Å². The highest BCUT2D eigenvalue weighted by Crippen LogP contribution is 2.40. The Morgan fingerprint density at radius 1 is 1.37 bits per heavy atom. The van der Waals surface area contributed by atoms with Crippen LogP contribution in [0.25, 0.3) is 0 Å². The SMILES string of the molecule is O=C(Nc1nc(C2CC2)cs1)c1ccc(Cl)cc1Cl. The smallest absolute Gasteiger partial charge is 0.258 e. The molecule has 98 valence electrons. The molecule has 1 N–H and O–H groups in total. The molecule has 0 atom stereocenters. The minimum Gasteiger partial charge on any atom is -0.298 e. The van der Waals surface area contributed by atoms with Gasteiger partial charge < -0.3 is 0 Å². The largest absolute Gasteiger partial charge is 0.298 e. The van der Waals surface area contributed by atoms with Crippen LogP contribution in [0.1, 0.15) is 34.8 Å². The average Bonchev–Trinajstić information content (AvgIpc) is 3.10. The van der Waals surface area contributed by atoms with Gasteiger partial charge >= 0.3 is 0 Å². The number of hydrogen-bond donors (Lipinski definition) is 1. The molecule has 1 amide bonds. The second kappa shape index (κ2) is 5.12. The third-order valence-electron chi connectivity index (χ3n) is 2.91. The van der Waals surface area contributed by atoms with Crippen molar-refractivity contribution in [2.24, 2.45) is 0 Å². The number of nitrogens with zero attached hydrogens (tertiary/aromatic N) is 1. The summed E-state index contributed by atoms with van der Waals surface area (Å²) in [7, 11) is 0. The monoisotopic (exact) mass is 312 g/mol. The molecule has 1 fully saturated rings. The first-order valence-corrected chi connectivity index (χ1v) is 7.49. The normalized spacial score (nSPS) is 14.4. The number of aromatic nitrogens is 1. The summed E-state index contributed by atoms with van der Waals surface area (Å²) < 4.78 is 0. The summed E-state index contributed by atoms with van der Waals surface area (Å²) >= 11 is 13.2. The number of carbonyl (C=O) groups is 1. The lowest BCUT2D eigenvalue weighted by molar-refractivity contribution is 0.102. The maximum atomic E-state index is 12.1. The van der Waals surface area contributed by atoms with Gasteiger partial charge in [-0.15, -0.1) is 11.3 Å². The van der Waals surface area contributed by atoms with E-state index in [1.54, 1.807) is 18.2 Å². The van der Waals surface area contributed by atoms with Gasteiger partial charge in [0, 0.05) is 16.3 Å². The first kappa shape index (κ1) is 12.9. The van der Waals surface area contributed by atoms with Gasteiger partial charge in [0.05, 0.1) is 16.3 Å².